The van der Waals surface area contributed by atoms with Crippen LogP contribution < -0.4 is 27.8 Å². The Bertz CT molecular complexity index is 1710. The van der Waals surface area contributed by atoms with Crippen molar-refractivity contribution in [1.82, 2.24) is 25.2 Å². The van der Waals surface area contributed by atoms with Gasteiger partial charge in [0.25, 0.3) is 0 Å². The van der Waals surface area contributed by atoms with Crippen LogP contribution >= 0.6 is 11.6 Å². The number of fused-ring (bicyclic) bond motifs is 1. The summed E-state index contributed by atoms with van der Waals surface area (Å²) in [5.41, 5.74) is 15.4. The predicted octanol–water partition coefficient (Wildman–Crippen LogP) is 5.33. The van der Waals surface area contributed by atoms with Crippen molar-refractivity contribution in [2.24, 2.45) is 17.4 Å². The third kappa shape index (κ3) is 7.47. The van der Waals surface area contributed by atoms with Crippen LogP contribution in [0.5, 0.6) is 0 Å². The molecule has 1 saturated carbocycles. The minimum atomic E-state index is -0.502. The van der Waals surface area contributed by atoms with Gasteiger partial charge in [-0.05, 0) is 98.7 Å². The highest BCUT2D eigenvalue weighted by atomic mass is 35.5. The molecule has 45 heavy (non-hydrogen) atoms. The Balaban J connectivity index is 1.16. The molecule has 1 aliphatic carbocycles. The second-order valence-corrected chi connectivity index (χ2v) is 13.0. The number of benzene rings is 2. The number of nitrogens with two attached hydrogens (primary N) is 2. The Morgan fingerprint density at radius 3 is 2.73 bits per heavy atom. The molecule has 3 heterocycles. The summed E-state index contributed by atoms with van der Waals surface area (Å²) in [5, 5.41) is 15.2. The van der Waals surface area contributed by atoms with Gasteiger partial charge in [0, 0.05) is 41.8 Å². The SMILES string of the molecule is N=C(CN)NCC[C@@H]1CCC[C@@H](c2ccc(-n3cc4cc(-c5cc(CCCC(N)C6CC6)cc(Cl)c5F)[nH]c4nc3=O)cc2)N1. The molecule has 2 aromatic heterocycles. The minimum absolute atomic E-state index is 0.0720. The van der Waals surface area contributed by atoms with Crippen molar-refractivity contribution in [1.29, 1.82) is 5.41 Å². The van der Waals surface area contributed by atoms with Crippen LogP contribution in [0.15, 0.2) is 53.5 Å². The van der Waals surface area contributed by atoms with Crippen LogP contribution in [0, 0.1) is 17.1 Å². The molecule has 2 fully saturated rings. The molecule has 2 aromatic carbocycles. The number of aromatic nitrogens is 3. The van der Waals surface area contributed by atoms with Gasteiger partial charge in [-0.3, -0.25) is 9.98 Å². The number of hydrogen-bond donors (Lipinski definition) is 6. The van der Waals surface area contributed by atoms with E-state index < -0.39 is 11.5 Å². The van der Waals surface area contributed by atoms with Gasteiger partial charge >= 0.3 is 5.69 Å². The molecule has 0 amide bonds. The van der Waals surface area contributed by atoms with E-state index in [0.717, 1.165) is 57.1 Å². The van der Waals surface area contributed by atoms with Crippen molar-refractivity contribution < 1.29 is 4.39 Å². The van der Waals surface area contributed by atoms with E-state index in [-0.39, 0.29) is 23.7 Å². The molecule has 2 aliphatic rings. The van der Waals surface area contributed by atoms with Gasteiger partial charge in [0.15, 0.2) is 5.82 Å². The average molecular weight is 633 g/mol. The van der Waals surface area contributed by atoms with Gasteiger partial charge in [0.2, 0.25) is 0 Å². The fraction of sp³-hybridized carbons (Fsp3) is 0.441. The first kappa shape index (κ1) is 31.4. The molecule has 0 spiro atoms. The minimum Gasteiger partial charge on any atom is -0.373 e. The van der Waals surface area contributed by atoms with E-state index in [9.17, 15) is 4.79 Å². The largest absolute Gasteiger partial charge is 0.373 e. The topological polar surface area (TPSA) is 151 Å². The van der Waals surface area contributed by atoms with Crippen molar-refractivity contribution in [3.8, 4) is 16.9 Å². The summed E-state index contributed by atoms with van der Waals surface area (Å²) in [7, 11) is 0. The number of piperidine rings is 1. The van der Waals surface area contributed by atoms with Crippen molar-refractivity contribution in [2.75, 3.05) is 13.1 Å². The zero-order valence-electron chi connectivity index (χ0n) is 25.4. The standard InChI is InChI=1S/C34H42ClFN8O/c35-27-16-20(3-1-5-28(38)21-7-8-21)15-26(32(27)36)30-17-23-19-44(34(45)43-33(23)42-30)25-11-9-22(10-12-25)29-6-2-4-24(41-29)13-14-40-31(39)18-37/h9-12,15-17,19,21,24,28-29,41H,1-8,13-14,18,37-38H2,(H2,39,40)(H,42,43,45)/t24-,28?,29-/m0/s1. The van der Waals surface area contributed by atoms with Crippen molar-refractivity contribution in [3.05, 3.63) is 81.1 Å². The monoisotopic (exact) mass is 632 g/mol. The van der Waals surface area contributed by atoms with E-state index in [4.69, 9.17) is 28.5 Å². The lowest BCUT2D eigenvalue weighted by Gasteiger charge is -2.31. The lowest BCUT2D eigenvalue weighted by Crippen LogP contribution is -2.40. The van der Waals surface area contributed by atoms with Gasteiger partial charge < -0.3 is 27.1 Å². The molecule has 3 atom stereocenters. The molecular weight excluding hydrogens is 591 g/mol. The number of H-pyrrole nitrogens is 1. The molecule has 0 bridgehead atoms. The van der Waals surface area contributed by atoms with Crippen LogP contribution in [0.4, 0.5) is 4.39 Å². The highest BCUT2D eigenvalue weighted by Crippen LogP contribution is 2.34. The summed E-state index contributed by atoms with van der Waals surface area (Å²) in [5.74, 6) is 0.512. The first-order valence-corrected chi connectivity index (χ1v) is 16.4. The van der Waals surface area contributed by atoms with Gasteiger partial charge in [-0.15, -0.1) is 0 Å². The van der Waals surface area contributed by atoms with Crippen molar-refractivity contribution in [2.45, 2.75) is 75.9 Å². The molecule has 1 saturated heterocycles. The molecule has 0 radical (unpaired) electrons. The number of aryl methyl sites for hydroxylation is 1. The van der Waals surface area contributed by atoms with Crippen LogP contribution in [0.3, 0.4) is 0 Å². The molecule has 11 heteroatoms. The molecule has 1 aliphatic heterocycles. The Hall–Kier alpha value is -3.57. The molecule has 8 N–H and O–H groups in total. The van der Waals surface area contributed by atoms with Crippen LogP contribution in [0.2, 0.25) is 5.02 Å². The smallest absolute Gasteiger partial charge is 0.354 e. The summed E-state index contributed by atoms with van der Waals surface area (Å²) in [6.07, 6.45) is 11.0. The number of aromatic amines is 1. The first-order chi connectivity index (χ1) is 21.8. The zero-order chi connectivity index (χ0) is 31.5. The number of nitrogens with zero attached hydrogens (tertiary/aromatic N) is 2. The first-order valence-electron chi connectivity index (χ1n) is 16.0. The quantitative estimate of drug-likeness (QED) is 0.0918. The molecular formula is C34H42ClFN8O. The summed E-state index contributed by atoms with van der Waals surface area (Å²) >= 11 is 6.31. The molecule has 9 nitrogen and oxygen atoms in total. The summed E-state index contributed by atoms with van der Waals surface area (Å²) < 4.78 is 16.7. The maximum Gasteiger partial charge on any atom is 0.354 e. The molecule has 4 aromatic rings. The Morgan fingerprint density at radius 1 is 1.18 bits per heavy atom. The number of nitrogens with one attached hydrogen (secondary N) is 4. The second-order valence-electron chi connectivity index (χ2n) is 12.5. The maximum atomic E-state index is 15.2. The number of hydrogen-bond acceptors (Lipinski definition) is 6. The molecule has 238 valence electrons. The fourth-order valence-corrected chi connectivity index (χ4v) is 6.70. The van der Waals surface area contributed by atoms with Crippen molar-refractivity contribution >= 4 is 28.5 Å². The normalized spacial score (nSPS) is 19.1. The number of amidine groups is 1. The van der Waals surface area contributed by atoms with Gasteiger partial charge in [-0.1, -0.05) is 30.2 Å². The molecule has 6 rings (SSSR count). The van der Waals surface area contributed by atoms with Crippen molar-refractivity contribution in [3.63, 3.8) is 0 Å². The Labute approximate surface area is 267 Å². The van der Waals surface area contributed by atoms with Gasteiger partial charge in [0.1, 0.15) is 11.5 Å². The zero-order valence-corrected chi connectivity index (χ0v) is 26.2. The predicted molar refractivity (Wildman–Crippen MR) is 179 cm³/mol. The summed E-state index contributed by atoms with van der Waals surface area (Å²) in [6.45, 7) is 0.945. The Kier molecular flexibility index (Phi) is 9.65. The second kappa shape index (κ2) is 13.8. The summed E-state index contributed by atoms with van der Waals surface area (Å²) in [6, 6.07) is 14.1. The van der Waals surface area contributed by atoms with Gasteiger partial charge in [0.05, 0.1) is 22.9 Å². The fourth-order valence-electron chi connectivity index (χ4n) is 6.46. The van der Waals surface area contributed by atoms with Crippen LogP contribution in [-0.2, 0) is 6.42 Å². The lowest BCUT2D eigenvalue weighted by molar-refractivity contribution is 0.312. The van der Waals surface area contributed by atoms with Gasteiger partial charge in [-0.25, -0.2) is 9.18 Å². The average Bonchev–Trinajstić information content (AvgIpc) is 3.82. The van der Waals surface area contributed by atoms with E-state index in [0.29, 0.717) is 45.8 Å². The van der Waals surface area contributed by atoms with Crippen LogP contribution in [0.1, 0.15) is 68.5 Å². The highest BCUT2D eigenvalue weighted by molar-refractivity contribution is 6.31. The highest BCUT2D eigenvalue weighted by Gasteiger charge is 2.28. The van der Waals surface area contributed by atoms with E-state index in [2.05, 4.69) is 32.7 Å². The number of halogens is 2. The van der Waals surface area contributed by atoms with E-state index >= 15 is 4.39 Å². The summed E-state index contributed by atoms with van der Waals surface area (Å²) in [4.78, 5) is 20.5. The number of rotatable bonds is 12. The third-order valence-corrected chi connectivity index (χ3v) is 9.48. The van der Waals surface area contributed by atoms with E-state index in [1.807, 2.05) is 24.3 Å². The van der Waals surface area contributed by atoms with Crippen LogP contribution in [-0.4, -0.2) is 45.5 Å². The maximum absolute atomic E-state index is 15.2. The lowest BCUT2D eigenvalue weighted by atomic mass is 9.92. The van der Waals surface area contributed by atoms with E-state index in [1.165, 1.54) is 23.0 Å². The van der Waals surface area contributed by atoms with E-state index in [1.54, 1.807) is 12.3 Å². The Morgan fingerprint density at radius 2 is 1.98 bits per heavy atom. The van der Waals surface area contributed by atoms with Gasteiger partial charge in [-0.2, -0.15) is 4.98 Å². The van der Waals surface area contributed by atoms with Crippen LogP contribution in [0.25, 0.3) is 28.0 Å². The molecule has 1 unspecified atom stereocenters. The third-order valence-electron chi connectivity index (χ3n) is 9.21.